The van der Waals surface area contributed by atoms with E-state index in [4.69, 9.17) is 0 Å². The Bertz CT molecular complexity index is 566. The Morgan fingerprint density at radius 2 is 2.22 bits per heavy atom. The summed E-state index contributed by atoms with van der Waals surface area (Å²) >= 11 is 3.69. The summed E-state index contributed by atoms with van der Waals surface area (Å²) in [5, 5.41) is 4.52. The molecule has 0 unspecified atom stereocenters. The SMILES string of the molecule is FSn1ccc2c(NC3CCCC3)c(Br)cnc21. The van der Waals surface area contributed by atoms with Gasteiger partial charge in [0.1, 0.15) is 0 Å². The number of rotatable bonds is 3. The number of aromatic nitrogens is 2. The molecule has 1 aliphatic rings. The largest absolute Gasteiger partial charge is 0.381 e. The van der Waals surface area contributed by atoms with Gasteiger partial charge in [-0.15, -0.1) is 3.89 Å². The summed E-state index contributed by atoms with van der Waals surface area (Å²) in [6, 6.07) is 2.42. The maximum atomic E-state index is 12.7. The highest BCUT2D eigenvalue weighted by molar-refractivity contribution is 9.10. The molecule has 1 aliphatic carbocycles. The first-order chi connectivity index (χ1) is 8.79. The maximum Gasteiger partial charge on any atom is 0.171 e. The third kappa shape index (κ3) is 2.12. The van der Waals surface area contributed by atoms with Gasteiger partial charge in [0.15, 0.2) is 18.0 Å². The number of hydrogen-bond acceptors (Lipinski definition) is 3. The zero-order chi connectivity index (χ0) is 12.5. The molecule has 96 valence electrons. The summed E-state index contributed by atoms with van der Waals surface area (Å²) < 4.78 is 15.1. The van der Waals surface area contributed by atoms with Crippen molar-refractivity contribution in [2.24, 2.45) is 0 Å². The fourth-order valence-corrected chi connectivity index (χ4v) is 3.26. The molecule has 0 aromatic carbocycles. The normalized spacial score (nSPS) is 16.6. The van der Waals surface area contributed by atoms with Gasteiger partial charge in [-0.3, -0.25) is 0 Å². The van der Waals surface area contributed by atoms with Crippen LogP contribution < -0.4 is 5.32 Å². The first kappa shape index (κ1) is 12.3. The summed E-state index contributed by atoms with van der Waals surface area (Å²) in [5.74, 6) is 0. The van der Waals surface area contributed by atoms with Crippen molar-refractivity contribution < 1.29 is 3.89 Å². The third-order valence-electron chi connectivity index (χ3n) is 3.41. The molecule has 2 aromatic heterocycles. The first-order valence-electron chi connectivity index (χ1n) is 6.01. The number of anilines is 1. The molecule has 0 radical (unpaired) electrons. The number of hydrogen-bond donors (Lipinski definition) is 1. The monoisotopic (exact) mass is 329 g/mol. The van der Waals surface area contributed by atoms with E-state index in [1.54, 1.807) is 12.4 Å². The molecule has 3 nitrogen and oxygen atoms in total. The van der Waals surface area contributed by atoms with Gasteiger partial charge in [0.25, 0.3) is 0 Å². The highest BCUT2D eigenvalue weighted by Crippen LogP contribution is 2.34. The lowest BCUT2D eigenvalue weighted by molar-refractivity contribution is 0.756. The minimum atomic E-state index is 0.173. The summed E-state index contributed by atoms with van der Waals surface area (Å²) in [5.41, 5.74) is 1.69. The Labute approximate surface area is 118 Å². The molecule has 1 fully saturated rings. The van der Waals surface area contributed by atoms with Crippen LogP contribution in [0.15, 0.2) is 22.9 Å². The Morgan fingerprint density at radius 3 is 2.94 bits per heavy atom. The van der Waals surface area contributed by atoms with E-state index in [0.29, 0.717) is 11.7 Å². The molecule has 0 atom stereocenters. The van der Waals surface area contributed by atoms with E-state index in [0.717, 1.165) is 15.5 Å². The van der Waals surface area contributed by atoms with E-state index in [1.807, 2.05) is 6.07 Å². The van der Waals surface area contributed by atoms with E-state index in [-0.39, 0.29) is 12.3 Å². The van der Waals surface area contributed by atoms with Crippen LogP contribution in [0.2, 0.25) is 0 Å². The lowest BCUT2D eigenvalue weighted by Gasteiger charge is -2.15. The van der Waals surface area contributed by atoms with Gasteiger partial charge in [-0.05, 0) is 34.8 Å². The Balaban J connectivity index is 2.02. The molecule has 18 heavy (non-hydrogen) atoms. The number of halogens is 2. The lowest BCUT2D eigenvalue weighted by Crippen LogP contribution is -2.15. The van der Waals surface area contributed by atoms with Crippen LogP contribution in [-0.4, -0.2) is 15.0 Å². The second-order valence-corrected chi connectivity index (χ2v) is 5.94. The van der Waals surface area contributed by atoms with E-state index < -0.39 is 0 Å². The summed E-state index contributed by atoms with van der Waals surface area (Å²) in [6.45, 7) is 0. The smallest absolute Gasteiger partial charge is 0.171 e. The molecule has 2 aromatic rings. The second-order valence-electron chi connectivity index (χ2n) is 4.55. The lowest BCUT2D eigenvalue weighted by atomic mass is 10.2. The molecule has 3 rings (SSSR count). The maximum absolute atomic E-state index is 12.7. The molecular weight excluding hydrogens is 317 g/mol. The van der Waals surface area contributed by atoms with Crippen LogP contribution in [0.25, 0.3) is 11.0 Å². The average Bonchev–Trinajstić information content (AvgIpc) is 3.01. The fraction of sp³-hybridized carbons (Fsp3) is 0.417. The fourth-order valence-electron chi connectivity index (χ4n) is 2.52. The van der Waals surface area contributed by atoms with Gasteiger partial charge >= 0.3 is 0 Å². The number of nitrogens with zero attached hydrogens (tertiary/aromatic N) is 2. The van der Waals surface area contributed by atoms with E-state index in [9.17, 15) is 3.89 Å². The van der Waals surface area contributed by atoms with Gasteiger partial charge in [-0.25, -0.2) is 8.96 Å². The van der Waals surface area contributed by atoms with Crippen LogP contribution in [0.3, 0.4) is 0 Å². The molecule has 1 saturated carbocycles. The highest BCUT2D eigenvalue weighted by Gasteiger charge is 2.18. The Morgan fingerprint density at radius 1 is 1.44 bits per heavy atom. The molecule has 2 heterocycles. The molecule has 0 spiro atoms. The molecule has 1 N–H and O–H groups in total. The summed E-state index contributed by atoms with van der Waals surface area (Å²) in [4.78, 5) is 4.26. The van der Waals surface area contributed by atoms with Crippen molar-refractivity contribution in [3.63, 3.8) is 0 Å². The van der Waals surface area contributed by atoms with Crippen LogP contribution in [0.4, 0.5) is 9.57 Å². The van der Waals surface area contributed by atoms with E-state index in [1.165, 1.54) is 29.7 Å². The van der Waals surface area contributed by atoms with Crippen molar-refractivity contribution in [1.82, 2.24) is 8.96 Å². The molecule has 0 bridgehead atoms. The van der Waals surface area contributed by atoms with Crippen molar-refractivity contribution in [2.45, 2.75) is 31.7 Å². The standard InChI is InChI=1S/C12H13BrFN3S/c13-10-7-15-12-9(5-6-17(12)18-14)11(10)16-8-3-1-2-4-8/h5-8H,1-4H2,(H,15,16). The minimum Gasteiger partial charge on any atom is -0.381 e. The predicted octanol–water partition coefficient (Wildman–Crippen LogP) is 4.53. The molecule has 6 heteroatoms. The summed E-state index contributed by atoms with van der Waals surface area (Å²) in [7, 11) is 0. The summed E-state index contributed by atoms with van der Waals surface area (Å²) in [6.07, 6.45) is 8.40. The molecule has 0 amide bonds. The molecule has 0 saturated heterocycles. The van der Waals surface area contributed by atoms with Crippen LogP contribution in [0, 0.1) is 0 Å². The van der Waals surface area contributed by atoms with Gasteiger partial charge in [0.05, 0.1) is 10.2 Å². The third-order valence-corrected chi connectivity index (χ3v) is 4.46. The van der Waals surface area contributed by atoms with Gasteiger partial charge in [-0.2, -0.15) is 0 Å². The Kier molecular flexibility index (Phi) is 3.48. The zero-order valence-electron chi connectivity index (χ0n) is 9.70. The van der Waals surface area contributed by atoms with Gasteiger partial charge in [-0.1, -0.05) is 12.8 Å². The van der Waals surface area contributed by atoms with Crippen molar-refractivity contribution in [3.05, 3.63) is 22.9 Å². The van der Waals surface area contributed by atoms with E-state index in [2.05, 4.69) is 26.2 Å². The van der Waals surface area contributed by atoms with Crippen LogP contribution in [-0.2, 0) is 0 Å². The van der Waals surface area contributed by atoms with Gasteiger partial charge in [0.2, 0.25) is 0 Å². The van der Waals surface area contributed by atoms with Gasteiger partial charge < -0.3 is 5.32 Å². The number of fused-ring (bicyclic) bond motifs is 1. The topological polar surface area (TPSA) is 29.9 Å². The predicted molar refractivity (Wildman–Crippen MR) is 77.4 cm³/mol. The number of nitrogens with one attached hydrogen (secondary N) is 1. The average molecular weight is 330 g/mol. The van der Waals surface area contributed by atoms with Crippen LogP contribution in [0.1, 0.15) is 25.7 Å². The molecular formula is C12H13BrFN3S. The van der Waals surface area contributed by atoms with Gasteiger partial charge in [0, 0.05) is 23.8 Å². The van der Waals surface area contributed by atoms with Crippen LogP contribution >= 0.6 is 28.3 Å². The van der Waals surface area contributed by atoms with Crippen molar-refractivity contribution in [3.8, 4) is 0 Å². The molecule has 0 aliphatic heterocycles. The highest BCUT2D eigenvalue weighted by atomic mass is 79.9. The second kappa shape index (κ2) is 5.09. The minimum absolute atomic E-state index is 0.173. The zero-order valence-corrected chi connectivity index (χ0v) is 12.1. The number of pyridine rings is 1. The van der Waals surface area contributed by atoms with Crippen molar-refractivity contribution >= 4 is 45.0 Å². The van der Waals surface area contributed by atoms with Crippen LogP contribution in [0.5, 0.6) is 0 Å². The van der Waals surface area contributed by atoms with E-state index >= 15 is 0 Å². The van der Waals surface area contributed by atoms with Crippen molar-refractivity contribution in [2.75, 3.05) is 5.32 Å². The Hall–Kier alpha value is -0.750. The van der Waals surface area contributed by atoms with Crippen molar-refractivity contribution in [1.29, 1.82) is 0 Å². The quantitative estimate of drug-likeness (QED) is 0.896. The first-order valence-corrected chi connectivity index (χ1v) is 7.47.